The molecule has 0 radical (unpaired) electrons. The molecule has 2 aliphatic heterocycles. The van der Waals surface area contributed by atoms with Gasteiger partial charge in [-0.3, -0.25) is 24.1 Å². The Kier molecular flexibility index (Phi) is 14.2. The minimum atomic E-state index is -1.17. The number of piperidine rings is 1. The first-order valence-electron chi connectivity index (χ1n) is 17.4. The minimum Gasteiger partial charge on any atom is -0.491 e. The molecule has 2 heterocycles. The summed E-state index contributed by atoms with van der Waals surface area (Å²) >= 11 is 0. The third-order valence-electron chi connectivity index (χ3n) is 8.96. The molecule has 0 bridgehead atoms. The van der Waals surface area contributed by atoms with Crippen molar-refractivity contribution in [2.45, 2.75) is 90.6 Å². The lowest BCUT2D eigenvalue weighted by atomic mass is 10.0. The highest BCUT2D eigenvalue weighted by Gasteiger charge is 2.31. The molecule has 2 aromatic carbocycles. The second-order valence-corrected chi connectivity index (χ2v) is 13.2. The smallest absolute Gasteiger partial charge is 0.255 e. The van der Waals surface area contributed by atoms with Crippen molar-refractivity contribution >= 4 is 23.6 Å². The molecule has 0 saturated carbocycles. The van der Waals surface area contributed by atoms with Gasteiger partial charge in [-0.2, -0.15) is 0 Å². The van der Waals surface area contributed by atoms with Gasteiger partial charge in [-0.25, -0.2) is 0 Å². The lowest BCUT2D eigenvalue weighted by molar-refractivity contribution is -0.137. The summed E-state index contributed by atoms with van der Waals surface area (Å²) in [7, 11) is 1.77. The monoisotopic (exact) mass is 663 g/mol. The van der Waals surface area contributed by atoms with E-state index < -0.39 is 29.8 Å². The number of para-hydroxylation sites is 1. The van der Waals surface area contributed by atoms with E-state index in [1.54, 1.807) is 36.3 Å². The molecule has 2 aliphatic rings. The predicted octanol–water partition coefficient (Wildman–Crippen LogP) is 3.65. The van der Waals surface area contributed by atoms with Gasteiger partial charge in [0.25, 0.3) is 5.91 Å². The molecule has 2 atom stereocenters. The van der Waals surface area contributed by atoms with Crippen LogP contribution in [0.2, 0.25) is 0 Å². The zero-order valence-electron chi connectivity index (χ0n) is 29.0. The molecular weight excluding hydrogens is 610 g/mol. The lowest BCUT2D eigenvalue weighted by Gasteiger charge is -2.31. The molecule has 11 heteroatoms. The number of nitrogens with one attached hydrogen (secondary N) is 3. The number of carbonyl (C=O) groups is 4. The highest BCUT2D eigenvalue weighted by atomic mass is 16.5. The second kappa shape index (κ2) is 18.5. The van der Waals surface area contributed by atoms with Gasteiger partial charge in [-0.1, -0.05) is 63.6 Å². The molecule has 48 heavy (non-hydrogen) atoms. The Morgan fingerprint density at radius 1 is 1.00 bits per heavy atom. The van der Waals surface area contributed by atoms with Crippen LogP contribution >= 0.6 is 0 Å². The van der Waals surface area contributed by atoms with Crippen LogP contribution in [0.25, 0.3) is 0 Å². The third kappa shape index (κ3) is 11.1. The molecule has 4 rings (SSSR count). The number of rotatable bonds is 11. The normalized spacial score (nSPS) is 20.4. The van der Waals surface area contributed by atoms with E-state index in [0.29, 0.717) is 31.4 Å². The average Bonchev–Trinajstić information content (AvgIpc) is 3.08. The molecule has 11 nitrogen and oxygen atoms in total. The van der Waals surface area contributed by atoms with Crippen LogP contribution in [-0.4, -0.2) is 91.5 Å². The van der Waals surface area contributed by atoms with Crippen molar-refractivity contribution < 1.29 is 28.7 Å². The fourth-order valence-electron chi connectivity index (χ4n) is 6.16. The highest BCUT2D eigenvalue weighted by Crippen LogP contribution is 2.20. The summed E-state index contributed by atoms with van der Waals surface area (Å²) in [6.45, 7) is 10.2. The number of unbranched alkanes of at least 4 members (excludes halogenated alkanes) is 1. The van der Waals surface area contributed by atoms with Crippen molar-refractivity contribution in [2.75, 3.05) is 39.9 Å². The van der Waals surface area contributed by atoms with Crippen molar-refractivity contribution in [3.63, 3.8) is 0 Å². The molecule has 262 valence electrons. The van der Waals surface area contributed by atoms with Gasteiger partial charge in [0.2, 0.25) is 17.7 Å². The number of amides is 4. The zero-order valence-corrected chi connectivity index (χ0v) is 29.0. The standard InChI is InChI=1S/C37H53N5O6/c1-5-6-17-42-20-21-48-33-10-8-7-9-30(33)35(44)40-31(23-34(43)39-32(37(42)46)22-26(2)3)36(45)38-24-27-11-13-28(14-12-27)25-41-18-15-29(47-4)16-19-41/h7-14,26,29,31-32H,5-6,15-25H2,1-4H3,(H,38,45)(H,39,43)(H,40,44)/t31-,32-/m0/s1. The van der Waals surface area contributed by atoms with Crippen LogP contribution in [0.4, 0.5) is 0 Å². The molecule has 2 aromatic rings. The topological polar surface area (TPSA) is 129 Å². The van der Waals surface area contributed by atoms with Crippen molar-refractivity contribution in [3.8, 4) is 5.75 Å². The number of ether oxygens (including phenoxy) is 2. The number of hydrogen-bond acceptors (Lipinski definition) is 7. The van der Waals surface area contributed by atoms with Crippen molar-refractivity contribution in [2.24, 2.45) is 5.92 Å². The lowest BCUT2D eigenvalue weighted by Crippen LogP contribution is -2.53. The molecule has 0 unspecified atom stereocenters. The molecule has 0 spiro atoms. The van der Waals surface area contributed by atoms with Crippen LogP contribution in [0.1, 0.15) is 80.8 Å². The number of hydrogen-bond donors (Lipinski definition) is 3. The van der Waals surface area contributed by atoms with Gasteiger partial charge in [-0.05, 0) is 54.9 Å². The average molecular weight is 664 g/mol. The summed E-state index contributed by atoms with van der Waals surface area (Å²) in [5.41, 5.74) is 2.34. The maximum Gasteiger partial charge on any atom is 0.255 e. The number of benzene rings is 2. The molecule has 1 fully saturated rings. The first-order valence-corrected chi connectivity index (χ1v) is 17.4. The van der Waals surface area contributed by atoms with E-state index >= 15 is 0 Å². The molecule has 1 saturated heterocycles. The summed E-state index contributed by atoms with van der Waals surface area (Å²) in [5, 5.41) is 8.54. The first kappa shape index (κ1) is 36.9. The van der Waals surface area contributed by atoms with Crippen LogP contribution in [-0.2, 0) is 32.2 Å². The van der Waals surface area contributed by atoms with E-state index in [0.717, 1.165) is 50.9 Å². The van der Waals surface area contributed by atoms with Crippen molar-refractivity contribution in [1.29, 1.82) is 0 Å². The summed E-state index contributed by atoms with van der Waals surface area (Å²) in [6.07, 6.45) is 4.24. The van der Waals surface area contributed by atoms with Gasteiger partial charge in [-0.15, -0.1) is 0 Å². The second-order valence-electron chi connectivity index (χ2n) is 13.2. The fraction of sp³-hybridized carbons (Fsp3) is 0.568. The fourth-order valence-corrected chi connectivity index (χ4v) is 6.16. The Bertz CT molecular complexity index is 1360. The van der Waals surface area contributed by atoms with Crippen LogP contribution in [0.5, 0.6) is 5.75 Å². The number of nitrogens with zero attached hydrogens (tertiary/aromatic N) is 2. The number of likely N-dealkylation sites (tertiary alicyclic amines) is 1. The third-order valence-corrected chi connectivity index (χ3v) is 8.96. The molecule has 4 amide bonds. The largest absolute Gasteiger partial charge is 0.491 e. The Hall–Kier alpha value is -3.96. The summed E-state index contributed by atoms with van der Waals surface area (Å²) in [6, 6.07) is 12.9. The summed E-state index contributed by atoms with van der Waals surface area (Å²) in [4.78, 5) is 58.4. The van der Waals surface area contributed by atoms with Crippen molar-refractivity contribution in [3.05, 3.63) is 65.2 Å². The van der Waals surface area contributed by atoms with Crippen molar-refractivity contribution in [1.82, 2.24) is 25.8 Å². The van der Waals surface area contributed by atoms with E-state index in [2.05, 4.69) is 39.9 Å². The molecule has 0 aliphatic carbocycles. The maximum atomic E-state index is 13.7. The Morgan fingerprint density at radius 3 is 2.40 bits per heavy atom. The van der Waals surface area contributed by atoms with E-state index in [-0.39, 0.29) is 37.0 Å². The predicted molar refractivity (Wildman–Crippen MR) is 184 cm³/mol. The number of fused-ring (bicyclic) bond motifs is 1. The van der Waals surface area contributed by atoms with Gasteiger partial charge in [0.15, 0.2) is 0 Å². The highest BCUT2D eigenvalue weighted by molar-refractivity contribution is 6.01. The van der Waals surface area contributed by atoms with E-state index in [1.807, 2.05) is 26.0 Å². The van der Waals surface area contributed by atoms with Crippen LogP contribution in [0.3, 0.4) is 0 Å². The van der Waals surface area contributed by atoms with Gasteiger partial charge in [0.1, 0.15) is 24.4 Å². The SMILES string of the molecule is CCCCN1CCOc2ccccc2C(=O)N[C@H](C(=O)NCc2ccc(CN3CCC(OC)CC3)cc2)CC(=O)N[C@@H](CC(C)C)C1=O. The number of carbonyl (C=O) groups excluding carboxylic acids is 4. The Balaban J connectivity index is 1.47. The van der Waals surface area contributed by atoms with E-state index in [4.69, 9.17) is 9.47 Å². The van der Waals surface area contributed by atoms with Crippen LogP contribution in [0.15, 0.2) is 48.5 Å². The summed E-state index contributed by atoms with van der Waals surface area (Å²) in [5.74, 6) is -1.18. The zero-order chi connectivity index (χ0) is 34.5. The quantitative estimate of drug-likeness (QED) is 0.335. The van der Waals surface area contributed by atoms with Gasteiger partial charge < -0.3 is 30.3 Å². The Labute approximate surface area is 285 Å². The molecule has 3 N–H and O–H groups in total. The molecular formula is C37H53N5O6. The van der Waals surface area contributed by atoms with Crippen LogP contribution < -0.4 is 20.7 Å². The minimum absolute atomic E-state index is 0.141. The number of methoxy groups -OCH3 is 1. The van der Waals surface area contributed by atoms with Gasteiger partial charge in [0, 0.05) is 39.8 Å². The Morgan fingerprint density at radius 2 is 1.71 bits per heavy atom. The van der Waals surface area contributed by atoms with Gasteiger partial charge >= 0.3 is 0 Å². The maximum absolute atomic E-state index is 13.7. The van der Waals surface area contributed by atoms with Gasteiger partial charge in [0.05, 0.1) is 24.6 Å². The first-order chi connectivity index (χ1) is 23.2. The summed E-state index contributed by atoms with van der Waals surface area (Å²) < 4.78 is 11.5. The van der Waals surface area contributed by atoms with Crippen LogP contribution in [0, 0.1) is 5.92 Å². The van der Waals surface area contributed by atoms with E-state index in [1.165, 1.54) is 5.56 Å². The molecule has 0 aromatic heterocycles. The van der Waals surface area contributed by atoms with E-state index in [9.17, 15) is 19.2 Å².